The largest absolute Gasteiger partial charge is 0.361 e. The summed E-state index contributed by atoms with van der Waals surface area (Å²) < 4.78 is 0. The summed E-state index contributed by atoms with van der Waals surface area (Å²) in [6, 6.07) is 16.6. The first kappa shape index (κ1) is 18.5. The lowest BCUT2D eigenvalue weighted by Crippen LogP contribution is -2.50. The van der Waals surface area contributed by atoms with E-state index in [-0.39, 0.29) is 11.9 Å². The number of fused-ring (bicyclic) bond motifs is 1. The number of aromatic amines is 1. The average molecular weight is 364 g/mol. The lowest BCUT2D eigenvalue weighted by atomic mass is 10.0. The number of nitrogens with one attached hydrogen (secondary N) is 3. The van der Waals surface area contributed by atoms with Crippen LogP contribution in [0.3, 0.4) is 0 Å². The third-order valence-electron chi connectivity index (χ3n) is 4.43. The van der Waals surface area contributed by atoms with Gasteiger partial charge in [-0.3, -0.25) is 4.79 Å². The van der Waals surface area contributed by atoms with Crippen molar-refractivity contribution in [3.63, 3.8) is 0 Å². The van der Waals surface area contributed by atoms with Crippen LogP contribution < -0.4 is 10.6 Å². The Hall–Kier alpha value is -3.28. The maximum absolute atomic E-state index is 12.8. The maximum Gasteiger partial charge on any atom is 0.317 e. The molecule has 3 aromatic rings. The Bertz CT molecular complexity index is 918. The number of hydrogen-bond donors (Lipinski definition) is 3. The highest BCUT2D eigenvalue weighted by atomic mass is 16.2. The molecule has 3 N–H and O–H groups in total. The number of para-hydroxylation sites is 1. The van der Waals surface area contributed by atoms with Gasteiger partial charge in [0.1, 0.15) is 6.04 Å². The van der Waals surface area contributed by atoms with Gasteiger partial charge in [0, 0.05) is 44.2 Å². The predicted octanol–water partition coefficient (Wildman–Crippen LogP) is 2.67. The normalized spacial score (nSPS) is 11.8. The van der Waals surface area contributed by atoms with Crippen LogP contribution in [0.5, 0.6) is 0 Å². The van der Waals surface area contributed by atoms with Gasteiger partial charge < -0.3 is 20.5 Å². The molecule has 3 amide bonds. The van der Waals surface area contributed by atoms with E-state index in [9.17, 15) is 9.59 Å². The molecular weight excluding hydrogens is 340 g/mol. The summed E-state index contributed by atoms with van der Waals surface area (Å²) >= 11 is 0. The molecule has 0 fully saturated rings. The van der Waals surface area contributed by atoms with Crippen molar-refractivity contribution in [1.82, 2.24) is 20.5 Å². The predicted molar refractivity (Wildman–Crippen MR) is 106 cm³/mol. The fourth-order valence-corrected chi connectivity index (χ4v) is 2.92. The number of carbonyl (C=O) groups excluding carboxylic acids is 2. The molecule has 140 valence electrons. The summed E-state index contributed by atoms with van der Waals surface area (Å²) in [6.07, 6.45) is 2.30. The molecule has 6 nitrogen and oxygen atoms in total. The van der Waals surface area contributed by atoms with Crippen molar-refractivity contribution < 1.29 is 9.59 Å². The summed E-state index contributed by atoms with van der Waals surface area (Å²) in [4.78, 5) is 29.6. The number of H-pyrrole nitrogens is 1. The molecule has 1 aromatic heterocycles. The van der Waals surface area contributed by atoms with Crippen molar-refractivity contribution in [3.8, 4) is 0 Å². The molecule has 0 saturated heterocycles. The fraction of sp³-hybridized carbons (Fsp3) is 0.238. The van der Waals surface area contributed by atoms with Crippen molar-refractivity contribution in [1.29, 1.82) is 0 Å². The van der Waals surface area contributed by atoms with Crippen molar-refractivity contribution in [2.45, 2.75) is 19.0 Å². The molecule has 0 radical (unpaired) electrons. The van der Waals surface area contributed by atoms with Gasteiger partial charge in [0.05, 0.1) is 0 Å². The summed E-state index contributed by atoms with van der Waals surface area (Å²) in [5.41, 5.74) is 3.01. The number of carbonyl (C=O) groups is 2. The van der Waals surface area contributed by atoms with Crippen LogP contribution in [0.1, 0.15) is 11.1 Å². The van der Waals surface area contributed by atoms with Crippen LogP contribution in [0.4, 0.5) is 4.79 Å². The molecule has 1 atom stereocenters. The lowest BCUT2D eigenvalue weighted by molar-refractivity contribution is -0.123. The molecule has 27 heavy (non-hydrogen) atoms. The Labute approximate surface area is 158 Å². The minimum Gasteiger partial charge on any atom is -0.361 e. The number of benzene rings is 2. The molecule has 0 spiro atoms. The Morgan fingerprint density at radius 2 is 1.74 bits per heavy atom. The fourth-order valence-electron chi connectivity index (χ4n) is 2.92. The van der Waals surface area contributed by atoms with Gasteiger partial charge in [-0.2, -0.15) is 0 Å². The van der Waals surface area contributed by atoms with E-state index in [1.807, 2.05) is 60.8 Å². The zero-order valence-corrected chi connectivity index (χ0v) is 15.5. The quantitative estimate of drug-likeness (QED) is 0.629. The second kappa shape index (κ2) is 8.40. The van der Waals surface area contributed by atoms with Gasteiger partial charge in [-0.25, -0.2) is 4.79 Å². The van der Waals surface area contributed by atoms with Crippen molar-refractivity contribution >= 4 is 22.8 Å². The van der Waals surface area contributed by atoms with Gasteiger partial charge in [-0.05, 0) is 17.2 Å². The van der Waals surface area contributed by atoms with E-state index in [1.165, 1.54) is 4.90 Å². The zero-order chi connectivity index (χ0) is 19.2. The second-order valence-electron chi connectivity index (χ2n) is 6.66. The number of rotatable bonds is 6. The van der Waals surface area contributed by atoms with E-state index >= 15 is 0 Å². The highest BCUT2D eigenvalue weighted by Crippen LogP contribution is 2.19. The Morgan fingerprint density at radius 1 is 1.04 bits per heavy atom. The van der Waals surface area contributed by atoms with Crippen molar-refractivity contribution in [2.75, 3.05) is 14.1 Å². The highest BCUT2D eigenvalue weighted by molar-refractivity contribution is 5.89. The topological polar surface area (TPSA) is 77.2 Å². The van der Waals surface area contributed by atoms with Crippen LogP contribution in [-0.2, 0) is 17.8 Å². The number of aromatic nitrogens is 1. The van der Waals surface area contributed by atoms with Gasteiger partial charge in [0.25, 0.3) is 0 Å². The monoisotopic (exact) mass is 364 g/mol. The first-order valence-electron chi connectivity index (χ1n) is 8.89. The third-order valence-corrected chi connectivity index (χ3v) is 4.43. The standard InChI is InChI=1S/C21H24N4O2/c1-25(2)21(27)24-19(20(26)23-13-15-8-4-3-5-9-15)12-16-14-22-18-11-7-6-10-17(16)18/h3-11,14,19,22H,12-13H2,1-2H3,(H,23,26)(H,24,27)/t19-/m0/s1. The SMILES string of the molecule is CN(C)C(=O)N[C@@H](Cc1c[nH]c2ccccc12)C(=O)NCc1ccccc1. The molecule has 0 saturated carbocycles. The Kier molecular flexibility index (Phi) is 5.76. The average Bonchev–Trinajstić information content (AvgIpc) is 3.09. The minimum absolute atomic E-state index is 0.209. The molecule has 2 aromatic carbocycles. The molecule has 0 aliphatic rings. The second-order valence-corrected chi connectivity index (χ2v) is 6.66. The molecule has 0 aliphatic carbocycles. The van der Waals surface area contributed by atoms with E-state index in [0.29, 0.717) is 13.0 Å². The number of urea groups is 1. The molecule has 0 bridgehead atoms. The molecule has 0 unspecified atom stereocenters. The van der Waals surface area contributed by atoms with Crippen LogP contribution in [0.25, 0.3) is 10.9 Å². The molecular formula is C21H24N4O2. The smallest absolute Gasteiger partial charge is 0.317 e. The van der Waals surface area contributed by atoms with Gasteiger partial charge in [0.2, 0.25) is 5.91 Å². The van der Waals surface area contributed by atoms with E-state index < -0.39 is 6.04 Å². The van der Waals surface area contributed by atoms with Crippen molar-refractivity contribution in [2.24, 2.45) is 0 Å². The van der Waals surface area contributed by atoms with Crippen LogP contribution in [0.2, 0.25) is 0 Å². The van der Waals surface area contributed by atoms with Gasteiger partial charge in [-0.15, -0.1) is 0 Å². The number of nitrogens with zero attached hydrogens (tertiary/aromatic N) is 1. The van der Waals surface area contributed by atoms with Crippen molar-refractivity contribution in [3.05, 3.63) is 71.9 Å². The number of amides is 3. The van der Waals surface area contributed by atoms with Crippen LogP contribution in [-0.4, -0.2) is 42.0 Å². The summed E-state index contributed by atoms with van der Waals surface area (Å²) in [5.74, 6) is -0.209. The molecule has 3 rings (SSSR count). The highest BCUT2D eigenvalue weighted by Gasteiger charge is 2.23. The Morgan fingerprint density at radius 3 is 2.48 bits per heavy atom. The molecule has 1 heterocycles. The lowest BCUT2D eigenvalue weighted by Gasteiger charge is -2.21. The summed E-state index contributed by atoms with van der Waals surface area (Å²) in [7, 11) is 3.31. The first-order valence-corrected chi connectivity index (χ1v) is 8.89. The van der Waals surface area contributed by atoms with E-state index in [0.717, 1.165) is 22.0 Å². The van der Waals surface area contributed by atoms with E-state index in [4.69, 9.17) is 0 Å². The Balaban J connectivity index is 1.75. The maximum atomic E-state index is 12.8. The van der Waals surface area contributed by atoms with E-state index in [1.54, 1.807) is 14.1 Å². The van der Waals surface area contributed by atoms with Gasteiger partial charge >= 0.3 is 6.03 Å². The van der Waals surface area contributed by atoms with E-state index in [2.05, 4.69) is 15.6 Å². The van der Waals surface area contributed by atoms with Crippen LogP contribution in [0, 0.1) is 0 Å². The minimum atomic E-state index is -0.664. The number of hydrogen-bond acceptors (Lipinski definition) is 2. The zero-order valence-electron chi connectivity index (χ0n) is 15.5. The van der Waals surface area contributed by atoms with Crippen LogP contribution >= 0.6 is 0 Å². The molecule has 0 aliphatic heterocycles. The summed E-state index contributed by atoms with van der Waals surface area (Å²) in [5, 5.41) is 6.79. The van der Waals surface area contributed by atoms with Gasteiger partial charge in [0.15, 0.2) is 0 Å². The third kappa shape index (κ3) is 4.67. The van der Waals surface area contributed by atoms with Gasteiger partial charge in [-0.1, -0.05) is 48.5 Å². The van der Waals surface area contributed by atoms with Crippen LogP contribution in [0.15, 0.2) is 60.8 Å². The summed E-state index contributed by atoms with van der Waals surface area (Å²) in [6.45, 7) is 0.419. The first-order chi connectivity index (χ1) is 13.0. The molecule has 6 heteroatoms.